The van der Waals surface area contributed by atoms with Gasteiger partial charge in [-0.1, -0.05) is 6.07 Å². The van der Waals surface area contributed by atoms with Crippen molar-refractivity contribution in [3.8, 4) is 0 Å². The zero-order valence-corrected chi connectivity index (χ0v) is 11.3. The number of anilines is 1. The van der Waals surface area contributed by atoms with Crippen molar-refractivity contribution in [1.82, 2.24) is 10.2 Å². The first kappa shape index (κ1) is 13.3. The minimum atomic E-state index is -3.29. The van der Waals surface area contributed by atoms with Crippen LogP contribution < -0.4 is 5.32 Å². The molecule has 0 aliphatic rings. The topological polar surface area (TPSA) is 91.9 Å². The predicted octanol–water partition coefficient (Wildman–Crippen LogP) is 1.37. The lowest BCUT2D eigenvalue weighted by atomic mass is 10.3. The summed E-state index contributed by atoms with van der Waals surface area (Å²) in [5, 5.41) is 9.09. The molecule has 0 aliphatic carbocycles. The summed E-state index contributed by atoms with van der Waals surface area (Å²) in [6, 6.07) is 7.68. The molecule has 0 atom stereocenters. The first-order valence-corrected chi connectivity index (χ1v) is 7.39. The maximum atomic E-state index is 11.8. The Bertz CT molecular complexity index is 719. The van der Waals surface area contributed by atoms with Gasteiger partial charge in [0, 0.05) is 17.6 Å². The normalized spacial score (nSPS) is 11.3. The number of H-pyrrole nitrogens is 1. The molecule has 1 aromatic heterocycles. The van der Waals surface area contributed by atoms with Crippen LogP contribution in [0, 0.1) is 6.92 Å². The summed E-state index contributed by atoms with van der Waals surface area (Å²) in [4.78, 5) is 12.0. The molecule has 0 fully saturated rings. The Balaban J connectivity index is 2.22. The molecular formula is C12H13N3O3S. The highest BCUT2D eigenvalue weighted by Crippen LogP contribution is 2.16. The highest BCUT2D eigenvalue weighted by Gasteiger charge is 2.11. The molecule has 2 N–H and O–H groups in total. The van der Waals surface area contributed by atoms with E-state index < -0.39 is 15.7 Å². The lowest BCUT2D eigenvalue weighted by Crippen LogP contribution is -2.12. The molecule has 1 heterocycles. The number of benzene rings is 1. The number of sulfone groups is 1. The summed E-state index contributed by atoms with van der Waals surface area (Å²) in [7, 11) is -3.29. The molecule has 0 unspecified atom stereocenters. The third-order valence-corrected chi connectivity index (χ3v) is 3.57. The Hall–Kier alpha value is -2.15. The molecule has 1 aromatic carbocycles. The maximum absolute atomic E-state index is 11.8. The average molecular weight is 279 g/mol. The Kier molecular flexibility index (Phi) is 3.39. The van der Waals surface area contributed by atoms with Crippen LogP contribution in [0.15, 0.2) is 35.2 Å². The largest absolute Gasteiger partial charge is 0.321 e. The van der Waals surface area contributed by atoms with E-state index in [-0.39, 0.29) is 10.6 Å². The van der Waals surface area contributed by atoms with Gasteiger partial charge in [-0.15, -0.1) is 0 Å². The first-order valence-electron chi connectivity index (χ1n) is 5.50. The van der Waals surface area contributed by atoms with Crippen LogP contribution in [0.1, 0.15) is 16.2 Å². The van der Waals surface area contributed by atoms with E-state index in [1.165, 1.54) is 12.1 Å². The fourth-order valence-electron chi connectivity index (χ4n) is 1.53. The second kappa shape index (κ2) is 4.85. The van der Waals surface area contributed by atoms with E-state index in [4.69, 9.17) is 0 Å². The third kappa shape index (κ3) is 3.19. The lowest BCUT2D eigenvalue weighted by Gasteiger charge is -2.05. The zero-order chi connectivity index (χ0) is 14.0. The quantitative estimate of drug-likeness (QED) is 0.887. The summed E-state index contributed by atoms with van der Waals surface area (Å²) < 4.78 is 22.8. The minimum absolute atomic E-state index is 0.156. The van der Waals surface area contributed by atoms with Gasteiger partial charge in [0.15, 0.2) is 15.5 Å². The van der Waals surface area contributed by atoms with E-state index in [9.17, 15) is 13.2 Å². The van der Waals surface area contributed by atoms with Crippen molar-refractivity contribution in [1.29, 1.82) is 0 Å². The molecule has 0 bridgehead atoms. The smallest absolute Gasteiger partial charge is 0.276 e. The van der Waals surface area contributed by atoms with Crippen LogP contribution in [-0.2, 0) is 9.84 Å². The van der Waals surface area contributed by atoms with E-state index in [0.717, 1.165) is 11.9 Å². The van der Waals surface area contributed by atoms with Crippen molar-refractivity contribution < 1.29 is 13.2 Å². The van der Waals surface area contributed by atoms with Crippen LogP contribution in [0.5, 0.6) is 0 Å². The number of nitrogens with one attached hydrogen (secondary N) is 2. The molecule has 19 heavy (non-hydrogen) atoms. The fraction of sp³-hybridized carbons (Fsp3) is 0.167. The first-order chi connectivity index (χ1) is 8.86. The predicted molar refractivity (Wildman–Crippen MR) is 70.8 cm³/mol. The number of carbonyl (C=O) groups is 1. The van der Waals surface area contributed by atoms with Crippen LogP contribution in [0.3, 0.4) is 0 Å². The number of hydrogen-bond donors (Lipinski definition) is 2. The summed E-state index contributed by atoms with van der Waals surface area (Å²) >= 11 is 0. The Morgan fingerprint density at radius 1 is 1.32 bits per heavy atom. The van der Waals surface area contributed by atoms with E-state index in [1.807, 2.05) is 0 Å². The molecule has 0 aliphatic heterocycles. The van der Waals surface area contributed by atoms with E-state index in [0.29, 0.717) is 5.69 Å². The summed E-state index contributed by atoms with van der Waals surface area (Å²) in [6.45, 7) is 1.79. The van der Waals surface area contributed by atoms with Crippen LogP contribution in [0.2, 0.25) is 0 Å². The van der Waals surface area contributed by atoms with Crippen molar-refractivity contribution in [3.05, 3.63) is 41.7 Å². The molecule has 100 valence electrons. The molecule has 0 radical (unpaired) electrons. The Labute approximate surface area is 110 Å². The van der Waals surface area contributed by atoms with E-state index in [1.54, 1.807) is 25.1 Å². The Morgan fingerprint density at radius 3 is 2.63 bits per heavy atom. The highest BCUT2D eigenvalue weighted by molar-refractivity contribution is 7.90. The van der Waals surface area contributed by atoms with Crippen molar-refractivity contribution in [2.45, 2.75) is 11.8 Å². The fourth-order valence-corrected chi connectivity index (χ4v) is 2.20. The highest BCUT2D eigenvalue weighted by atomic mass is 32.2. The average Bonchev–Trinajstić information content (AvgIpc) is 2.75. The van der Waals surface area contributed by atoms with Crippen LogP contribution in [-0.4, -0.2) is 30.8 Å². The molecule has 6 nitrogen and oxygen atoms in total. The molecule has 2 rings (SSSR count). The molecule has 0 spiro atoms. The summed E-state index contributed by atoms with van der Waals surface area (Å²) in [5.74, 6) is -0.394. The molecule has 1 amide bonds. The van der Waals surface area contributed by atoms with Gasteiger partial charge in [0.25, 0.3) is 5.91 Å². The van der Waals surface area contributed by atoms with Crippen molar-refractivity contribution in [2.75, 3.05) is 11.6 Å². The van der Waals surface area contributed by atoms with Gasteiger partial charge in [-0.3, -0.25) is 9.89 Å². The van der Waals surface area contributed by atoms with Gasteiger partial charge in [0.1, 0.15) is 0 Å². The number of hydrogen-bond acceptors (Lipinski definition) is 4. The number of nitrogens with zero attached hydrogens (tertiary/aromatic N) is 1. The molecule has 0 saturated carbocycles. The van der Waals surface area contributed by atoms with Gasteiger partial charge in [0.05, 0.1) is 4.90 Å². The standard InChI is InChI=1S/C12H13N3O3S/c1-8-6-11(15-14-8)12(16)13-9-4-3-5-10(7-9)19(2,17)18/h3-7H,1-2H3,(H,13,16)(H,14,15). The lowest BCUT2D eigenvalue weighted by molar-refractivity contribution is 0.102. The number of amides is 1. The summed E-state index contributed by atoms with van der Waals surface area (Å²) in [6.07, 6.45) is 1.12. The van der Waals surface area contributed by atoms with Gasteiger partial charge >= 0.3 is 0 Å². The maximum Gasteiger partial charge on any atom is 0.276 e. The van der Waals surface area contributed by atoms with Gasteiger partial charge in [-0.25, -0.2) is 8.42 Å². The third-order valence-electron chi connectivity index (χ3n) is 2.46. The van der Waals surface area contributed by atoms with Crippen LogP contribution in [0.25, 0.3) is 0 Å². The van der Waals surface area contributed by atoms with Gasteiger partial charge in [-0.2, -0.15) is 5.10 Å². The van der Waals surface area contributed by atoms with Crippen LogP contribution in [0.4, 0.5) is 5.69 Å². The minimum Gasteiger partial charge on any atom is -0.321 e. The number of aromatic nitrogens is 2. The Morgan fingerprint density at radius 2 is 2.05 bits per heavy atom. The SMILES string of the molecule is Cc1cc(C(=O)Nc2cccc(S(C)(=O)=O)c2)n[nH]1. The second-order valence-corrected chi connectivity index (χ2v) is 6.21. The summed E-state index contributed by atoms with van der Waals surface area (Å²) in [5.41, 5.74) is 1.44. The molecule has 0 saturated heterocycles. The van der Waals surface area contributed by atoms with Gasteiger partial charge in [0.2, 0.25) is 0 Å². The monoisotopic (exact) mass is 279 g/mol. The number of carbonyl (C=O) groups excluding carboxylic acids is 1. The zero-order valence-electron chi connectivity index (χ0n) is 10.5. The second-order valence-electron chi connectivity index (χ2n) is 4.19. The van der Waals surface area contributed by atoms with Gasteiger partial charge < -0.3 is 5.32 Å². The van der Waals surface area contributed by atoms with Crippen molar-refractivity contribution in [2.24, 2.45) is 0 Å². The van der Waals surface area contributed by atoms with Crippen molar-refractivity contribution >= 4 is 21.4 Å². The van der Waals surface area contributed by atoms with Crippen LogP contribution >= 0.6 is 0 Å². The number of aromatic amines is 1. The number of aryl methyl sites for hydroxylation is 1. The number of rotatable bonds is 3. The van der Waals surface area contributed by atoms with Crippen molar-refractivity contribution in [3.63, 3.8) is 0 Å². The molecule has 2 aromatic rings. The van der Waals surface area contributed by atoms with E-state index >= 15 is 0 Å². The van der Waals surface area contributed by atoms with Gasteiger partial charge in [-0.05, 0) is 31.2 Å². The van der Waals surface area contributed by atoms with E-state index in [2.05, 4.69) is 15.5 Å². The molecule has 7 heteroatoms. The molecular weight excluding hydrogens is 266 g/mol.